The molecule has 4 heterocycles. The maximum absolute atomic E-state index is 6.20. The van der Waals surface area contributed by atoms with Gasteiger partial charge in [0.1, 0.15) is 17.6 Å². The minimum Gasteiger partial charge on any atom is -0.485 e. The predicted octanol–water partition coefficient (Wildman–Crippen LogP) is 1.40. The van der Waals surface area contributed by atoms with Gasteiger partial charge < -0.3 is 15.4 Å². The summed E-state index contributed by atoms with van der Waals surface area (Å²) in [7, 11) is 4.05. The summed E-state index contributed by atoms with van der Waals surface area (Å²) in [6.45, 7) is 2.02. The number of likely N-dealkylation sites (tertiary alicyclic amines) is 1. The van der Waals surface area contributed by atoms with Crippen molar-refractivity contribution in [3.05, 3.63) is 30.6 Å². The molecule has 0 aromatic carbocycles. The van der Waals surface area contributed by atoms with Crippen molar-refractivity contribution in [3.63, 3.8) is 0 Å². The molecule has 3 aromatic rings. The third-order valence-corrected chi connectivity index (χ3v) is 4.30. The maximum Gasteiger partial charge on any atom is 0.165 e. The van der Waals surface area contributed by atoms with E-state index in [0.717, 1.165) is 42.0 Å². The number of rotatable bonds is 3. The Morgan fingerprint density at radius 1 is 1.30 bits per heavy atom. The van der Waals surface area contributed by atoms with Crippen LogP contribution in [-0.2, 0) is 7.05 Å². The topological polar surface area (TPSA) is 73.6 Å². The van der Waals surface area contributed by atoms with Crippen LogP contribution in [0.25, 0.3) is 16.8 Å². The molecule has 1 atom stereocenters. The number of likely N-dealkylation sites (N-methyl/N-ethyl adjacent to an activating group) is 1. The van der Waals surface area contributed by atoms with Gasteiger partial charge in [0.05, 0.1) is 11.7 Å². The predicted molar refractivity (Wildman–Crippen MR) is 88.3 cm³/mol. The highest BCUT2D eigenvalue weighted by molar-refractivity contribution is 5.71. The van der Waals surface area contributed by atoms with Gasteiger partial charge in [-0.3, -0.25) is 4.68 Å². The van der Waals surface area contributed by atoms with Gasteiger partial charge in [0, 0.05) is 38.0 Å². The Morgan fingerprint density at radius 2 is 2.17 bits per heavy atom. The molecule has 7 nitrogen and oxygen atoms in total. The van der Waals surface area contributed by atoms with E-state index in [1.165, 1.54) is 0 Å². The van der Waals surface area contributed by atoms with Crippen molar-refractivity contribution in [1.82, 2.24) is 24.3 Å². The van der Waals surface area contributed by atoms with Crippen molar-refractivity contribution in [1.29, 1.82) is 0 Å². The number of hydrogen-bond donors (Lipinski definition) is 1. The SMILES string of the molecule is CN1CC[C@H](Oc2cnn(C)c2-c2ccn3nc(N)cc3c2)C1. The molecule has 0 unspecified atom stereocenters. The summed E-state index contributed by atoms with van der Waals surface area (Å²) < 4.78 is 9.81. The Kier molecular flexibility index (Phi) is 3.23. The molecule has 4 rings (SSSR count). The van der Waals surface area contributed by atoms with E-state index in [-0.39, 0.29) is 6.10 Å². The molecule has 0 aliphatic carbocycles. The monoisotopic (exact) mass is 312 g/mol. The van der Waals surface area contributed by atoms with Crippen LogP contribution in [0.15, 0.2) is 30.6 Å². The number of aryl methyl sites for hydroxylation is 1. The number of ether oxygens (including phenoxy) is 1. The number of pyridine rings is 1. The molecule has 0 radical (unpaired) electrons. The van der Waals surface area contributed by atoms with E-state index < -0.39 is 0 Å². The van der Waals surface area contributed by atoms with Gasteiger partial charge in [0.15, 0.2) is 5.75 Å². The first kappa shape index (κ1) is 14.1. The zero-order valence-corrected chi connectivity index (χ0v) is 13.3. The molecule has 0 saturated carbocycles. The van der Waals surface area contributed by atoms with E-state index in [9.17, 15) is 0 Å². The fourth-order valence-electron chi connectivity index (χ4n) is 3.16. The van der Waals surface area contributed by atoms with Crippen LogP contribution in [0.5, 0.6) is 5.75 Å². The van der Waals surface area contributed by atoms with Gasteiger partial charge in [-0.1, -0.05) is 0 Å². The highest BCUT2D eigenvalue weighted by Gasteiger charge is 2.23. The van der Waals surface area contributed by atoms with Gasteiger partial charge in [-0.2, -0.15) is 10.2 Å². The van der Waals surface area contributed by atoms with Crippen molar-refractivity contribution in [2.75, 3.05) is 25.9 Å². The Bertz CT molecular complexity index is 851. The van der Waals surface area contributed by atoms with Gasteiger partial charge >= 0.3 is 0 Å². The highest BCUT2D eigenvalue weighted by Crippen LogP contribution is 2.32. The lowest BCUT2D eigenvalue weighted by molar-refractivity contribution is 0.209. The van der Waals surface area contributed by atoms with Crippen LogP contribution < -0.4 is 10.5 Å². The summed E-state index contributed by atoms with van der Waals surface area (Å²) >= 11 is 0. The lowest BCUT2D eigenvalue weighted by atomic mass is 10.1. The molecule has 0 bridgehead atoms. The molecule has 2 N–H and O–H groups in total. The molecule has 0 amide bonds. The summed E-state index contributed by atoms with van der Waals surface area (Å²) in [5.74, 6) is 1.34. The molecule has 7 heteroatoms. The second-order valence-electron chi connectivity index (χ2n) is 6.13. The van der Waals surface area contributed by atoms with E-state index in [4.69, 9.17) is 10.5 Å². The van der Waals surface area contributed by atoms with E-state index in [2.05, 4.69) is 22.1 Å². The number of nitrogens with zero attached hydrogens (tertiary/aromatic N) is 5. The maximum atomic E-state index is 6.20. The average molecular weight is 312 g/mol. The quantitative estimate of drug-likeness (QED) is 0.791. The molecule has 1 aliphatic rings. The Labute approximate surface area is 134 Å². The Hall–Kier alpha value is -2.54. The van der Waals surface area contributed by atoms with E-state index in [1.807, 2.05) is 36.1 Å². The summed E-state index contributed by atoms with van der Waals surface area (Å²) in [5.41, 5.74) is 8.73. The second kappa shape index (κ2) is 5.27. The first-order valence-corrected chi connectivity index (χ1v) is 7.72. The number of hydrogen-bond acceptors (Lipinski definition) is 5. The molecule has 1 fully saturated rings. The fraction of sp³-hybridized carbons (Fsp3) is 0.375. The summed E-state index contributed by atoms with van der Waals surface area (Å²) in [6, 6.07) is 5.91. The number of anilines is 1. The first-order chi connectivity index (χ1) is 11.1. The molecule has 1 aliphatic heterocycles. The molecular weight excluding hydrogens is 292 g/mol. The summed E-state index contributed by atoms with van der Waals surface area (Å²) in [6.07, 6.45) is 4.96. The zero-order valence-electron chi connectivity index (χ0n) is 13.3. The number of aromatic nitrogens is 4. The molecule has 0 spiro atoms. The van der Waals surface area contributed by atoms with Gasteiger partial charge in [-0.15, -0.1) is 0 Å². The van der Waals surface area contributed by atoms with Crippen LogP contribution in [0.2, 0.25) is 0 Å². The molecule has 120 valence electrons. The highest BCUT2D eigenvalue weighted by atomic mass is 16.5. The second-order valence-corrected chi connectivity index (χ2v) is 6.13. The van der Waals surface area contributed by atoms with Crippen molar-refractivity contribution in [3.8, 4) is 17.0 Å². The lowest BCUT2D eigenvalue weighted by Gasteiger charge is -2.14. The molecular formula is C16H20N6O. The number of nitrogens with two attached hydrogens (primary N) is 1. The van der Waals surface area contributed by atoms with Crippen molar-refractivity contribution in [2.45, 2.75) is 12.5 Å². The standard InChI is InChI=1S/C16H20N6O/c1-20-5-4-13(10-20)23-14-9-18-21(2)16(14)11-3-6-22-12(7-11)8-15(17)19-22/h3,6-9,13H,4-5,10H2,1-2H3,(H2,17,19)/t13-/m0/s1. The van der Waals surface area contributed by atoms with Gasteiger partial charge in [0.25, 0.3) is 0 Å². The Morgan fingerprint density at radius 3 is 2.96 bits per heavy atom. The lowest BCUT2D eigenvalue weighted by Crippen LogP contribution is -2.21. The van der Waals surface area contributed by atoms with Crippen LogP contribution in [-0.4, -0.2) is 50.5 Å². The average Bonchev–Trinajstić information content (AvgIpc) is 3.18. The van der Waals surface area contributed by atoms with Crippen LogP contribution >= 0.6 is 0 Å². The smallest absolute Gasteiger partial charge is 0.165 e. The minimum absolute atomic E-state index is 0.220. The number of nitrogen functional groups attached to an aromatic ring is 1. The zero-order chi connectivity index (χ0) is 16.0. The van der Waals surface area contributed by atoms with Crippen LogP contribution in [0.3, 0.4) is 0 Å². The normalized spacial score (nSPS) is 18.8. The van der Waals surface area contributed by atoms with Crippen LogP contribution in [0.4, 0.5) is 5.82 Å². The minimum atomic E-state index is 0.220. The van der Waals surface area contributed by atoms with Crippen molar-refractivity contribution >= 4 is 11.3 Å². The van der Waals surface area contributed by atoms with Crippen molar-refractivity contribution < 1.29 is 4.74 Å². The largest absolute Gasteiger partial charge is 0.485 e. The Balaban J connectivity index is 1.70. The van der Waals surface area contributed by atoms with Crippen molar-refractivity contribution in [2.24, 2.45) is 7.05 Å². The number of fused-ring (bicyclic) bond motifs is 1. The van der Waals surface area contributed by atoms with Gasteiger partial charge in [-0.05, 0) is 25.6 Å². The van der Waals surface area contributed by atoms with E-state index >= 15 is 0 Å². The van der Waals surface area contributed by atoms with E-state index in [0.29, 0.717) is 5.82 Å². The third-order valence-electron chi connectivity index (χ3n) is 4.30. The summed E-state index contributed by atoms with van der Waals surface area (Å²) in [5, 5.41) is 8.58. The molecule has 1 saturated heterocycles. The van der Waals surface area contributed by atoms with Crippen LogP contribution in [0, 0.1) is 0 Å². The van der Waals surface area contributed by atoms with Crippen LogP contribution in [0.1, 0.15) is 6.42 Å². The third kappa shape index (κ3) is 2.53. The molecule has 3 aromatic heterocycles. The van der Waals surface area contributed by atoms with Gasteiger partial charge in [-0.25, -0.2) is 4.52 Å². The summed E-state index contributed by atoms with van der Waals surface area (Å²) in [4.78, 5) is 2.28. The molecule has 23 heavy (non-hydrogen) atoms. The fourth-order valence-corrected chi connectivity index (χ4v) is 3.16. The first-order valence-electron chi connectivity index (χ1n) is 7.72. The van der Waals surface area contributed by atoms with Gasteiger partial charge in [0.2, 0.25) is 0 Å². The van der Waals surface area contributed by atoms with E-state index in [1.54, 1.807) is 10.7 Å².